The van der Waals surface area contributed by atoms with Gasteiger partial charge in [-0.25, -0.2) is 17.6 Å². The maximum atomic E-state index is 13.3. The summed E-state index contributed by atoms with van der Waals surface area (Å²) >= 11 is 0. The van der Waals surface area contributed by atoms with Crippen LogP contribution in [0.1, 0.15) is 33.3 Å². The first-order valence-electron chi connectivity index (χ1n) is 12.8. The molecule has 39 heavy (non-hydrogen) atoms. The third-order valence-corrected chi connectivity index (χ3v) is 7.90. The van der Waals surface area contributed by atoms with Crippen LogP contribution < -0.4 is 14.8 Å². The molecule has 0 bridgehead atoms. The van der Waals surface area contributed by atoms with Gasteiger partial charge < -0.3 is 25.0 Å². The molecule has 10 nitrogen and oxygen atoms in total. The van der Waals surface area contributed by atoms with Crippen LogP contribution in [0.2, 0.25) is 0 Å². The van der Waals surface area contributed by atoms with Gasteiger partial charge in [0.2, 0.25) is 5.91 Å². The van der Waals surface area contributed by atoms with Crippen molar-refractivity contribution in [1.29, 1.82) is 0 Å². The lowest BCUT2D eigenvalue weighted by Crippen LogP contribution is -2.49. The van der Waals surface area contributed by atoms with Gasteiger partial charge in [-0.15, -0.1) is 0 Å². The smallest absolute Gasteiger partial charge is 0.317 e. The molecule has 3 rings (SSSR count). The van der Waals surface area contributed by atoms with Gasteiger partial charge in [0.15, 0.2) is 0 Å². The van der Waals surface area contributed by atoms with E-state index in [4.69, 9.17) is 4.74 Å². The lowest BCUT2D eigenvalue weighted by Gasteiger charge is -2.34. The van der Waals surface area contributed by atoms with E-state index in [2.05, 4.69) is 10.0 Å². The Bertz CT molecular complexity index is 1270. The Kier molecular flexibility index (Phi) is 9.78. The first-order chi connectivity index (χ1) is 18.3. The number of carbonyl (C=O) groups excluding carboxylic acids is 2. The summed E-state index contributed by atoms with van der Waals surface area (Å²) in [4.78, 5) is 28.9. The Morgan fingerprint density at radius 3 is 2.49 bits per heavy atom. The number of hydrogen-bond acceptors (Lipinski definition) is 6. The number of amides is 3. The molecule has 1 aliphatic heterocycles. The van der Waals surface area contributed by atoms with Crippen molar-refractivity contribution in [2.24, 2.45) is 5.92 Å². The Labute approximate surface area is 229 Å². The summed E-state index contributed by atoms with van der Waals surface area (Å²) in [7, 11) is -2.35. The van der Waals surface area contributed by atoms with E-state index in [0.717, 1.165) is 24.3 Å². The van der Waals surface area contributed by atoms with Crippen LogP contribution in [-0.2, 0) is 21.2 Å². The molecular formula is C27H37FN4O6S. The fourth-order valence-electron chi connectivity index (χ4n) is 4.25. The zero-order chi connectivity index (χ0) is 28.9. The van der Waals surface area contributed by atoms with E-state index >= 15 is 0 Å². The van der Waals surface area contributed by atoms with Crippen LogP contribution in [0.5, 0.6) is 5.75 Å². The van der Waals surface area contributed by atoms with Crippen molar-refractivity contribution in [3.05, 3.63) is 53.8 Å². The molecule has 3 amide bonds. The predicted molar refractivity (Wildman–Crippen MR) is 145 cm³/mol. The number of halogens is 1. The van der Waals surface area contributed by atoms with Crippen LogP contribution in [0.15, 0.2) is 47.4 Å². The summed E-state index contributed by atoms with van der Waals surface area (Å²) in [5.74, 6) is -0.626. The van der Waals surface area contributed by atoms with Crippen molar-refractivity contribution in [1.82, 2.24) is 15.1 Å². The number of urea groups is 1. The quantitative estimate of drug-likeness (QED) is 0.453. The lowest BCUT2D eigenvalue weighted by molar-refractivity contribution is -0.134. The Morgan fingerprint density at radius 2 is 1.87 bits per heavy atom. The minimum absolute atomic E-state index is 0.0461. The summed E-state index contributed by atoms with van der Waals surface area (Å²) in [5, 5.41) is 12.6. The van der Waals surface area contributed by atoms with Crippen LogP contribution in [-0.4, -0.2) is 80.2 Å². The monoisotopic (exact) mass is 564 g/mol. The topological polar surface area (TPSA) is 128 Å². The second-order valence-corrected chi connectivity index (χ2v) is 11.9. The van der Waals surface area contributed by atoms with Crippen LogP contribution >= 0.6 is 0 Å². The number of aliphatic hydroxyl groups is 1. The maximum absolute atomic E-state index is 13.3. The number of nitrogens with one attached hydrogen (secondary N) is 2. The zero-order valence-electron chi connectivity index (χ0n) is 22.8. The standard InChI is InChI=1S/C27H37FN4O6S/c1-17(2)29-27(35)31(5)15-25-18(3)14-32(19(4)16-33)26(34)13-20-12-22(8-11-24(20)38-25)30-39(36,37)23-9-6-21(28)7-10-23/h6-12,17-19,25,30,33H,13-16H2,1-5H3,(H,29,35)/t18-,19-,25-/m0/s1. The van der Waals surface area contributed by atoms with Gasteiger partial charge >= 0.3 is 6.03 Å². The molecule has 0 aromatic heterocycles. The largest absolute Gasteiger partial charge is 0.488 e. The third-order valence-electron chi connectivity index (χ3n) is 6.51. The van der Waals surface area contributed by atoms with Crippen LogP contribution in [0, 0.1) is 11.7 Å². The van der Waals surface area contributed by atoms with Crippen molar-refractivity contribution < 1.29 is 32.2 Å². The van der Waals surface area contributed by atoms with Gasteiger partial charge in [-0.3, -0.25) is 9.52 Å². The van der Waals surface area contributed by atoms with Gasteiger partial charge in [-0.2, -0.15) is 0 Å². The van der Waals surface area contributed by atoms with E-state index in [0.29, 0.717) is 17.9 Å². The molecule has 0 unspecified atom stereocenters. The molecule has 0 spiro atoms. The molecule has 1 aliphatic rings. The molecule has 0 radical (unpaired) electrons. The van der Waals surface area contributed by atoms with Crippen molar-refractivity contribution in [2.75, 3.05) is 31.5 Å². The minimum atomic E-state index is -4.01. The molecule has 214 valence electrons. The number of ether oxygens (including phenoxy) is 1. The predicted octanol–water partition coefficient (Wildman–Crippen LogP) is 2.83. The molecule has 0 saturated heterocycles. The third kappa shape index (κ3) is 7.82. The summed E-state index contributed by atoms with van der Waals surface area (Å²) in [5.41, 5.74) is 0.649. The second kappa shape index (κ2) is 12.6. The van der Waals surface area contributed by atoms with Gasteiger partial charge in [-0.1, -0.05) is 6.92 Å². The Balaban J connectivity index is 1.95. The molecule has 12 heteroatoms. The number of likely N-dealkylation sites (N-methyl/N-ethyl adjacent to an activating group) is 1. The van der Waals surface area contributed by atoms with E-state index < -0.39 is 28.0 Å². The van der Waals surface area contributed by atoms with Crippen molar-refractivity contribution in [3.8, 4) is 5.75 Å². The van der Waals surface area contributed by atoms with Gasteiger partial charge in [-0.05, 0) is 63.2 Å². The van der Waals surface area contributed by atoms with E-state index in [-0.39, 0.29) is 54.1 Å². The molecule has 3 N–H and O–H groups in total. The highest BCUT2D eigenvalue weighted by Gasteiger charge is 2.32. The van der Waals surface area contributed by atoms with Crippen molar-refractivity contribution in [2.45, 2.75) is 57.2 Å². The summed E-state index contributed by atoms with van der Waals surface area (Å²) < 4.78 is 47.8. The number of nitrogens with zero attached hydrogens (tertiary/aromatic N) is 2. The second-order valence-electron chi connectivity index (χ2n) is 10.3. The summed E-state index contributed by atoms with van der Waals surface area (Å²) in [6.07, 6.45) is -0.595. The Morgan fingerprint density at radius 1 is 1.21 bits per heavy atom. The number of benzene rings is 2. The molecule has 2 aromatic rings. The molecule has 1 heterocycles. The van der Waals surface area contributed by atoms with Gasteiger partial charge in [0.1, 0.15) is 17.7 Å². The Hall–Kier alpha value is -3.38. The van der Waals surface area contributed by atoms with E-state index in [1.54, 1.807) is 24.9 Å². The first kappa shape index (κ1) is 30.2. The molecule has 0 saturated carbocycles. The summed E-state index contributed by atoms with van der Waals surface area (Å²) in [6.45, 7) is 7.68. The van der Waals surface area contributed by atoms with Crippen molar-refractivity contribution >= 4 is 27.6 Å². The molecule has 0 fully saturated rings. The minimum Gasteiger partial charge on any atom is -0.488 e. The van der Waals surface area contributed by atoms with E-state index in [1.165, 1.54) is 17.0 Å². The zero-order valence-corrected chi connectivity index (χ0v) is 23.7. The fraction of sp³-hybridized carbons (Fsp3) is 0.481. The van der Waals surface area contributed by atoms with Crippen LogP contribution in [0.4, 0.5) is 14.9 Å². The SMILES string of the molecule is CC(C)NC(=O)N(C)C[C@@H]1Oc2ccc(NS(=O)(=O)c3ccc(F)cc3)cc2CC(=O)N([C@@H](C)CO)C[C@@H]1C. The number of hydrogen-bond donors (Lipinski definition) is 3. The number of anilines is 1. The van der Waals surface area contributed by atoms with E-state index in [9.17, 15) is 27.5 Å². The summed E-state index contributed by atoms with van der Waals surface area (Å²) in [6, 6.07) is 8.31. The van der Waals surface area contributed by atoms with E-state index in [1.807, 2.05) is 20.8 Å². The van der Waals surface area contributed by atoms with Gasteiger partial charge in [0.25, 0.3) is 10.0 Å². The highest BCUT2D eigenvalue weighted by molar-refractivity contribution is 7.92. The highest BCUT2D eigenvalue weighted by atomic mass is 32.2. The number of sulfonamides is 1. The van der Waals surface area contributed by atoms with Gasteiger partial charge in [0.05, 0.1) is 30.5 Å². The fourth-order valence-corrected chi connectivity index (χ4v) is 5.30. The average molecular weight is 565 g/mol. The van der Waals surface area contributed by atoms with Crippen LogP contribution in [0.3, 0.4) is 0 Å². The lowest BCUT2D eigenvalue weighted by atomic mass is 10.0. The van der Waals surface area contributed by atoms with Gasteiger partial charge in [0, 0.05) is 36.8 Å². The molecule has 3 atom stereocenters. The molecule has 0 aliphatic carbocycles. The molecular weight excluding hydrogens is 527 g/mol. The molecule has 2 aromatic carbocycles. The maximum Gasteiger partial charge on any atom is 0.317 e. The van der Waals surface area contributed by atoms with Crippen molar-refractivity contribution in [3.63, 3.8) is 0 Å². The number of aliphatic hydroxyl groups excluding tert-OH is 1. The highest BCUT2D eigenvalue weighted by Crippen LogP contribution is 2.30. The van der Waals surface area contributed by atoms with Crippen LogP contribution in [0.25, 0.3) is 0 Å². The number of fused-ring (bicyclic) bond motifs is 1. The number of rotatable bonds is 8. The normalized spacial score (nSPS) is 18.8. The first-order valence-corrected chi connectivity index (χ1v) is 14.3. The average Bonchev–Trinajstić information content (AvgIpc) is 2.91. The number of carbonyl (C=O) groups is 2.